The lowest BCUT2D eigenvalue weighted by atomic mass is 10.0. The van der Waals surface area contributed by atoms with E-state index >= 15 is 0 Å². The molecule has 0 aliphatic rings. The van der Waals surface area contributed by atoms with Crippen molar-refractivity contribution in [1.29, 1.82) is 0 Å². The van der Waals surface area contributed by atoms with E-state index in [4.69, 9.17) is 0 Å². The second-order valence-corrected chi connectivity index (χ2v) is 4.79. The molecule has 3 rings (SSSR count). The second kappa shape index (κ2) is 3.84. The Hall–Kier alpha value is -1.47. The number of benzene rings is 3. The molecule has 78 valence electrons. The lowest BCUT2D eigenvalue weighted by Gasteiger charge is -2.03. The van der Waals surface area contributed by atoms with Crippen LogP contribution in [0.3, 0.4) is 0 Å². The summed E-state index contributed by atoms with van der Waals surface area (Å²) in [4.78, 5) is 1.32. The van der Waals surface area contributed by atoms with Crippen LogP contribution >= 0.6 is 11.8 Å². The van der Waals surface area contributed by atoms with Crippen LogP contribution in [-0.2, 0) is 0 Å². The lowest BCUT2D eigenvalue weighted by molar-refractivity contribution is 1.52. The summed E-state index contributed by atoms with van der Waals surface area (Å²) in [6.07, 6.45) is 2.11. The monoisotopic (exact) mass is 224 g/mol. The minimum Gasteiger partial charge on any atom is -0.130 e. The zero-order valence-corrected chi connectivity index (χ0v) is 9.92. The molecule has 0 bridgehead atoms. The fraction of sp³-hybridized carbons (Fsp3) is 0.0667. The third kappa shape index (κ3) is 1.57. The average molecular weight is 224 g/mol. The molecule has 0 atom stereocenters. The molecule has 3 aromatic carbocycles. The molecule has 0 aliphatic carbocycles. The number of fused-ring (bicyclic) bond motifs is 2. The van der Waals surface area contributed by atoms with Gasteiger partial charge in [0.05, 0.1) is 0 Å². The van der Waals surface area contributed by atoms with Crippen LogP contribution in [0.1, 0.15) is 0 Å². The fourth-order valence-electron chi connectivity index (χ4n) is 2.05. The molecule has 0 heterocycles. The SMILES string of the molecule is CSc1ccc2cc3ccccc3cc2c1. The predicted molar refractivity (Wildman–Crippen MR) is 73.2 cm³/mol. The Labute approximate surface area is 99.3 Å². The van der Waals surface area contributed by atoms with Crippen LogP contribution in [0.25, 0.3) is 21.5 Å². The molecule has 16 heavy (non-hydrogen) atoms. The third-order valence-corrected chi connectivity index (χ3v) is 3.64. The van der Waals surface area contributed by atoms with Crippen LogP contribution in [0.4, 0.5) is 0 Å². The minimum atomic E-state index is 1.31. The van der Waals surface area contributed by atoms with E-state index in [9.17, 15) is 0 Å². The van der Waals surface area contributed by atoms with Crippen molar-refractivity contribution in [3.8, 4) is 0 Å². The Bertz CT molecular complexity index is 656. The van der Waals surface area contributed by atoms with Gasteiger partial charge in [-0.3, -0.25) is 0 Å². The summed E-state index contributed by atoms with van der Waals surface area (Å²) in [7, 11) is 0. The lowest BCUT2D eigenvalue weighted by Crippen LogP contribution is -1.77. The van der Waals surface area contributed by atoms with Gasteiger partial charge in [-0.15, -0.1) is 11.8 Å². The van der Waals surface area contributed by atoms with Gasteiger partial charge >= 0.3 is 0 Å². The van der Waals surface area contributed by atoms with Gasteiger partial charge in [-0.1, -0.05) is 30.3 Å². The van der Waals surface area contributed by atoms with Gasteiger partial charge in [0.15, 0.2) is 0 Å². The highest BCUT2D eigenvalue weighted by Crippen LogP contribution is 2.26. The van der Waals surface area contributed by atoms with E-state index in [0.717, 1.165) is 0 Å². The molecular formula is C15H12S. The molecule has 1 heteroatoms. The van der Waals surface area contributed by atoms with Crippen molar-refractivity contribution < 1.29 is 0 Å². The maximum absolute atomic E-state index is 2.27. The number of thioether (sulfide) groups is 1. The molecule has 0 saturated heterocycles. The molecule has 0 spiro atoms. The normalized spacial score (nSPS) is 11.1. The van der Waals surface area contributed by atoms with Gasteiger partial charge in [-0.25, -0.2) is 0 Å². The first kappa shape index (κ1) is 9.73. The summed E-state index contributed by atoms with van der Waals surface area (Å²) in [5.41, 5.74) is 0. The topological polar surface area (TPSA) is 0 Å². The molecule has 0 N–H and O–H groups in total. The summed E-state index contributed by atoms with van der Waals surface area (Å²) in [6.45, 7) is 0. The Balaban J connectivity index is 2.37. The van der Waals surface area contributed by atoms with Crippen LogP contribution in [0.5, 0.6) is 0 Å². The predicted octanol–water partition coefficient (Wildman–Crippen LogP) is 4.71. The number of hydrogen-bond acceptors (Lipinski definition) is 1. The first-order valence-electron chi connectivity index (χ1n) is 5.33. The van der Waals surface area contributed by atoms with Crippen LogP contribution < -0.4 is 0 Å². The van der Waals surface area contributed by atoms with Crippen molar-refractivity contribution in [2.24, 2.45) is 0 Å². The van der Waals surface area contributed by atoms with Crippen LogP contribution in [0.15, 0.2) is 59.5 Å². The molecule has 0 amide bonds. The van der Waals surface area contributed by atoms with Gasteiger partial charge in [0.2, 0.25) is 0 Å². The van der Waals surface area contributed by atoms with E-state index in [1.165, 1.54) is 26.4 Å². The number of rotatable bonds is 1. The minimum absolute atomic E-state index is 1.31. The van der Waals surface area contributed by atoms with E-state index in [1.54, 1.807) is 11.8 Å². The molecule has 0 aromatic heterocycles. The maximum Gasteiger partial charge on any atom is 0.00755 e. The van der Waals surface area contributed by atoms with E-state index in [1.807, 2.05) is 0 Å². The third-order valence-electron chi connectivity index (χ3n) is 2.91. The average Bonchev–Trinajstić information content (AvgIpc) is 2.35. The molecule has 0 nitrogen and oxygen atoms in total. The summed E-state index contributed by atoms with van der Waals surface area (Å²) < 4.78 is 0. The highest BCUT2D eigenvalue weighted by atomic mass is 32.2. The summed E-state index contributed by atoms with van der Waals surface area (Å²) in [6, 6.07) is 19.7. The highest BCUT2D eigenvalue weighted by Gasteiger charge is 1.98. The fourth-order valence-corrected chi connectivity index (χ4v) is 2.49. The Morgan fingerprint density at radius 2 is 1.31 bits per heavy atom. The van der Waals surface area contributed by atoms with Gasteiger partial charge in [0.1, 0.15) is 0 Å². The smallest absolute Gasteiger partial charge is 0.00755 e. The molecule has 0 fully saturated rings. The standard InChI is InChI=1S/C15H12S/c1-16-15-7-6-13-8-11-4-2-3-5-12(11)9-14(13)10-15/h2-10H,1H3. The Kier molecular flexibility index (Phi) is 2.33. The number of hydrogen-bond donors (Lipinski definition) is 0. The first-order valence-corrected chi connectivity index (χ1v) is 6.56. The second-order valence-electron chi connectivity index (χ2n) is 3.91. The Morgan fingerprint density at radius 3 is 2.00 bits per heavy atom. The van der Waals surface area contributed by atoms with Gasteiger partial charge < -0.3 is 0 Å². The molecule has 0 saturated carbocycles. The van der Waals surface area contributed by atoms with Crippen molar-refractivity contribution in [3.05, 3.63) is 54.6 Å². The molecular weight excluding hydrogens is 212 g/mol. The van der Waals surface area contributed by atoms with Crippen molar-refractivity contribution in [3.63, 3.8) is 0 Å². The molecule has 0 aliphatic heterocycles. The molecule has 0 unspecified atom stereocenters. The van der Waals surface area contributed by atoms with E-state index in [0.29, 0.717) is 0 Å². The van der Waals surface area contributed by atoms with Crippen LogP contribution in [-0.4, -0.2) is 6.26 Å². The van der Waals surface area contributed by atoms with Crippen molar-refractivity contribution >= 4 is 33.3 Å². The van der Waals surface area contributed by atoms with E-state index < -0.39 is 0 Å². The van der Waals surface area contributed by atoms with E-state index in [-0.39, 0.29) is 0 Å². The summed E-state index contributed by atoms with van der Waals surface area (Å²) in [5.74, 6) is 0. The van der Waals surface area contributed by atoms with Crippen molar-refractivity contribution in [2.45, 2.75) is 4.90 Å². The Morgan fingerprint density at radius 1 is 0.688 bits per heavy atom. The van der Waals surface area contributed by atoms with Crippen LogP contribution in [0, 0.1) is 0 Å². The summed E-state index contributed by atoms with van der Waals surface area (Å²) >= 11 is 1.79. The summed E-state index contributed by atoms with van der Waals surface area (Å²) in [5, 5.41) is 5.27. The van der Waals surface area contributed by atoms with Gasteiger partial charge in [-0.05, 0) is 52.1 Å². The highest BCUT2D eigenvalue weighted by molar-refractivity contribution is 7.98. The van der Waals surface area contributed by atoms with Gasteiger partial charge in [0, 0.05) is 4.90 Å². The first-order chi connectivity index (χ1) is 7.86. The molecule has 3 aromatic rings. The van der Waals surface area contributed by atoms with Gasteiger partial charge in [0.25, 0.3) is 0 Å². The van der Waals surface area contributed by atoms with Crippen molar-refractivity contribution in [1.82, 2.24) is 0 Å². The zero-order chi connectivity index (χ0) is 11.0. The van der Waals surface area contributed by atoms with Crippen LogP contribution in [0.2, 0.25) is 0 Å². The maximum atomic E-state index is 2.27. The quantitative estimate of drug-likeness (QED) is 0.426. The largest absolute Gasteiger partial charge is 0.130 e. The van der Waals surface area contributed by atoms with E-state index in [2.05, 4.69) is 60.9 Å². The molecule has 0 radical (unpaired) electrons. The zero-order valence-electron chi connectivity index (χ0n) is 9.10. The van der Waals surface area contributed by atoms with Gasteiger partial charge in [-0.2, -0.15) is 0 Å². The van der Waals surface area contributed by atoms with Crippen molar-refractivity contribution in [2.75, 3.05) is 6.26 Å².